The van der Waals surface area contributed by atoms with Gasteiger partial charge in [0, 0.05) is 31.7 Å². The van der Waals surface area contributed by atoms with E-state index in [9.17, 15) is 26.3 Å². The minimum absolute atomic E-state index is 0. The van der Waals surface area contributed by atoms with Crippen LogP contribution < -0.4 is 5.32 Å². The lowest BCUT2D eigenvalue weighted by molar-refractivity contribution is -0.139. The number of benzene rings is 1. The van der Waals surface area contributed by atoms with E-state index in [0.717, 1.165) is 11.0 Å². The van der Waals surface area contributed by atoms with Crippen molar-refractivity contribution in [3.8, 4) is 0 Å². The molecular formula is C13H15Cl3F6N2. The molecule has 2 rings (SSSR count). The third-order valence-corrected chi connectivity index (χ3v) is 3.81. The summed E-state index contributed by atoms with van der Waals surface area (Å²) in [6, 6.07) is -0.723. The van der Waals surface area contributed by atoms with Crippen LogP contribution in [0.2, 0.25) is 5.02 Å². The number of hydrogen-bond acceptors (Lipinski definition) is 2. The van der Waals surface area contributed by atoms with Crippen LogP contribution in [-0.2, 0) is 6.18 Å². The summed E-state index contributed by atoms with van der Waals surface area (Å²) in [5.74, 6) is -1.44. The van der Waals surface area contributed by atoms with Crippen molar-refractivity contribution in [2.75, 3.05) is 26.2 Å². The average Bonchev–Trinajstić information content (AvgIpc) is 2.43. The maximum absolute atomic E-state index is 14.2. The average molecular weight is 420 g/mol. The Morgan fingerprint density at radius 1 is 1.08 bits per heavy atom. The number of nitrogens with one attached hydrogen (secondary N) is 1. The van der Waals surface area contributed by atoms with E-state index in [2.05, 4.69) is 5.32 Å². The molecule has 0 saturated carbocycles. The molecular weight excluding hydrogens is 405 g/mol. The molecule has 140 valence electrons. The van der Waals surface area contributed by atoms with Crippen LogP contribution in [0, 0.1) is 5.82 Å². The van der Waals surface area contributed by atoms with E-state index in [1.807, 2.05) is 0 Å². The number of halogens is 9. The standard InChI is InChI=1S/C13H13ClF6N2.2ClH/c14-8-2-1-7(13(18,19)20)9(10(8)15)11(12(16)17)22-5-3-21-4-6-22;;/h1-2,11-12,21H,3-6H2;2*1H/t11-;;/m0../s1. The third kappa shape index (κ3) is 5.05. The van der Waals surface area contributed by atoms with Gasteiger partial charge in [-0.15, -0.1) is 24.8 Å². The lowest BCUT2D eigenvalue weighted by atomic mass is 9.97. The van der Waals surface area contributed by atoms with Crippen molar-refractivity contribution in [1.82, 2.24) is 10.2 Å². The van der Waals surface area contributed by atoms with Crippen molar-refractivity contribution >= 4 is 36.4 Å². The first-order chi connectivity index (χ1) is 10.2. The van der Waals surface area contributed by atoms with E-state index in [4.69, 9.17) is 11.6 Å². The van der Waals surface area contributed by atoms with E-state index in [1.165, 1.54) is 0 Å². The van der Waals surface area contributed by atoms with Crippen LogP contribution in [0.15, 0.2) is 12.1 Å². The van der Waals surface area contributed by atoms with E-state index in [0.29, 0.717) is 19.2 Å². The number of rotatable bonds is 3. The van der Waals surface area contributed by atoms with E-state index >= 15 is 0 Å². The Balaban J connectivity index is 0.00000264. The topological polar surface area (TPSA) is 15.3 Å². The number of nitrogens with zero attached hydrogens (tertiary/aromatic N) is 1. The summed E-state index contributed by atoms with van der Waals surface area (Å²) in [7, 11) is 0. The van der Waals surface area contributed by atoms with Crippen LogP contribution in [0.25, 0.3) is 0 Å². The Bertz CT molecular complexity index is 535. The van der Waals surface area contributed by atoms with Gasteiger partial charge in [-0.3, -0.25) is 4.90 Å². The molecule has 1 N–H and O–H groups in total. The summed E-state index contributed by atoms with van der Waals surface area (Å²) in [6.45, 7) is 0.871. The van der Waals surface area contributed by atoms with E-state index in [1.54, 1.807) is 0 Å². The van der Waals surface area contributed by atoms with Gasteiger partial charge < -0.3 is 5.32 Å². The van der Waals surface area contributed by atoms with Crippen LogP contribution in [-0.4, -0.2) is 37.5 Å². The highest BCUT2D eigenvalue weighted by Gasteiger charge is 2.42. The summed E-state index contributed by atoms with van der Waals surface area (Å²) < 4.78 is 80.2. The van der Waals surface area contributed by atoms with Gasteiger partial charge in [-0.2, -0.15) is 13.2 Å². The Hall–Kier alpha value is -0.410. The fourth-order valence-corrected chi connectivity index (χ4v) is 2.70. The van der Waals surface area contributed by atoms with Gasteiger partial charge in [0.15, 0.2) is 0 Å². The van der Waals surface area contributed by atoms with Crippen molar-refractivity contribution in [3.63, 3.8) is 0 Å². The molecule has 0 bridgehead atoms. The van der Waals surface area contributed by atoms with Gasteiger partial charge in [-0.05, 0) is 12.1 Å². The normalized spacial score (nSPS) is 17.2. The molecule has 24 heavy (non-hydrogen) atoms. The largest absolute Gasteiger partial charge is 0.416 e. The van der Waals surface area contributed by atoms with Gasteiger partial charge in [-0.1, -0.05) is 11.6 Å². The number of piperazine rings is 1. The zero-order chi connectivity index (χ0) is 16.5. The summed E-state index contributed by atoms with van der Waals surface area (Å²) in [6.07, 6.45) is -8.12. The molecule has 1 aliphatic heterocycles. The SMILES string of the molecule is Cl.Cl.Fc1c(Cl)ccc(C(F)(F)F)c1[C@@H](C(F)F)N1CCNCC1. The van der Waals surface area contributed by atoms with Crippen LogP contribution in [0.1, 0.15) is 17.2 Å². The van der Waals surface area contributed by atoms with Crippen molar-refractivity contribution in [2.24, 2.45) is 0 Å². The summed E-state index contributed by atoms with van der Waals surface area (Å²) >= 11 is 5.51. The number of alkyl halides is 5. The molecule has 0 aromatic heterocycles. The van der Waals surface area contributed by atoms with Crippen LogP contribution in [0.4, 0.5) is 26.3 Å². The third-order valence-electron chi connectivity index (χ3n) is 3.52. The van der Waals surface area contributed by atoms with Crippen molar-refractivity contribution < 1.29 is 26.3 Å². The fourth-order valence-electron chi connectivity index (χ4n) is 2.53. The summed E-state index contributed by atoms with van der Waals surface area (Å²) in [4.78, 5) is 1.14. The highest BCUT2D eigenvalue weighted by Crippen LogP contribution is 2.41. The van der Waals surface area contributed by atoms with Gasteiger partial charge in [0.2, 0.25) is 0 Å². The molecule has 1 aromatic rings. The highest BCUT2D eigenvalue weighted by atomic mass is 35.5. The molecule has 0 unspecified atom stereocenters. The van der Waals surface area contributed by atoms with Crippen LogP contribution >= 0.6 is 36.4 Å². The second-order valence-corrected chi connectivity index (χ2v) is 5.29. The van der Waals surface area contributed by atoms with Crippen LogP contribution in [0.5, 0.6) is 0 Å². The molecule has 2 nitrogen and oxygen atoms in total. The first-order valence-corrected chi connectivity index (χ1v) is 6.89. The smallest absolute Gasteiger partial charge is 0.314 e. The quantitative estimate of drug-likeness (QED) is 0.723. The Morgan fingerprint density at radius 2 is 1.62 bits per heavy atom. The number of hydrogen-bond donors (Lipinski definition) is 1. The molecule has 1 fully saturated rings. The minimum atomic E-state index is -4.94. The van der Waals surface area contributed by atoms with Gasteiger partial charge in [0.05, 0.1) is 16.6 Å². The molecule has 0 aliphatic carbocycles. The Kier molecular flexibility index (Phi) is 9.17. The Morgan fingerprint density at radius 3 is 2.08 bits per heavy atom. The van der Waals surface area contributed by atoms with Gasteiger partial charge >= 0.3 is 6.18 Å². The molecule has 1 aromatic carbocycles. The van der Waals surface area contributed by atoms with Gasteiger partial charge in [-0.25, -0.2) is 13.2 Å². The summed E-state index contributed by atoms with van der Waals surface area (Å²) in [5.41, 5.74) is -2.50. The van der Waals surface area contributed by atoms with Gasteiger partial charge in [0.25, 0.3) is 6.43 Å². The van der Waals surface area contributed by atoms with Crippen molar-refractivity contribution in [1.29, 1.82) is 0 Å². The van der Waals surface area contributed by atoms with Crippen molar-refractivity contribution in [3.05, 3.63) is 34.1 Å². The lowest BCUT2D eigenvalue weighted by Gasteiger charge is -2.35. The van der Waals surface area contributed by atoms with Crippen LogP contribution in [0.3, 0.4) is 0 Å². The first kappa shape index (κ1) is 23.6. The molecule has 0 radical (unpaired) electrons. The fraction of sp³-hybridized carbons (Fsp3) is 0.538. The maximum Gasteiger partial charge on any atom is 0.416 e. The molecule has 1 atom stereocenters. The van der Waals surface area contributed by atoms with E-state index < -0.39 is 40.6 Å². The molecule has 0 amide bonds. The molecule has 1 heterocycles. The second kappa shape index (κ2) is 9.33. The molecule has 0 spiro atoms. The highest BCUT2D eigenvalue weighted by molar-refractivity contribution is 6.30. The first-order valence-electron chi connectivity index (χ1n) is 6.51. The monoisotopic (exact) mass is 418 g/mol. The molecule has 1 aliphatic rings. The zero-order valence-corrected chi connectivity index (χ0v) is 14.4. The minimum Gasteiger partial charge on any atom is -0.314 e. The molecule has 11 heteroatoms. The maximum atomic E-state index is 14.2. The predicted octanol–water partition coefficient (Wildman–Crippen LogP) is 4.55. The summed E-state index contributed by atoms with van der Waals surface area (Å²) in [5, 5.41) is 2.29. The van der Waals surface area contributed by atoms with Gasteiger partial charge in [0.1, 0.15) is 5.82 Å². The predicted molar refractivity (Wildman–Crippen MR) is 84.1 cm³/mol. The lowest BCUT2D eigenvalue weighted by Crippen LogP contribution is -2.47. The Labute approximate surface area is 152 Å². The van der Waals surface area contributed by atoms with E-state index in [-0.39, 0.29) is 37.9 Å². The van der Waals surface area contributed by atoms with Crippen molar-refractivity contribution in [2.45, 2.75) is 18.6 Å². The molecule has 1 saturated heterocycles. The second-order valence-electron chi connectivity index (χ2n) is 4.89. The zero-order valence-electron chi connectivity index (χ0n) is 12.0.